The van der Waals surface area contributed by atoms with E-state index < -0.39 is 29.4 Å². The van der Waals surface area contributed by atoms with E-state index in [0.717, 1.165) is 0 Å². The second-order valence-electron chi connectivity index (χ2n) is 6.58. The van der Waals surface area contributed by atoms with Gasteiger partial charge >= 0.3 is 5.97 Å². The Morgan fingerprint density at radius 2 is 1.10 bits per heavy atom. The molecule has 3 aromatic carbocycles. The van der Waals surface area contributed by atoms with E-state index in [1.165, 1.54) is 0 Å². The molecule has 29 heavy (non-hydrogen) atoms. The Balaban J connectivity index is 2.14. The molecule has 0 bridgehead atoms. The Hall–Kier alpha value is -3.53. The van der Waals surface area contributed by atoms with Crippen molar-refractivity contribution in [2.45, 2.75) is 12.8 Å². The number of ether oxygens (including phenoxy) is 1. The van der Waals surface area contributed by atoms with Crippen molar-refractivity contribution in [3.63, 3.8) is 0 Å². The van der Waals surface area contributed by atoms with Gasteiger partial charge in [-0.25, -0.2) is 0 Å². The first-order valence-corrected chi connectivity index (χ1v) is 9.53. The maximum absolute atomic E-state index is 13.5. The normalized spacial score (nSPS) is 11.7. The van der Waals surface area contributed by atoms with Gasteiger partial charge in [-0.2, -0.15) is 0 Å². The highest BCUT2D eigenvalue weighted by atomic mass is 16.5. The molecule has 0 fully saturated rings. The summed E-state index contributed by atoms with van der Waals surface area (Å²) in [6.45, 7) is 1.86. The molecule has 146 valence electrons. The number of benzene rings is 3. The first kappa shape index (κ1) is 20.2. The van der Waals surface area contributed by atoms with E-state index in [2.05, 4.69) is 0 Å². The van der Waals surface area contributed by atoms with Crippen molar-refractivity contribution in [1.82, 2.24) is 0 Å². The fourth-order valence-corrected chi connectivity index (χ4v) is 3.34. The van der Waals surface area contributed by atoms with Crippen molar-refractivity contribution in [2.75, 3.05) is 6.61 Å². The van der Waals surface area contributed by atoms with E-state index in [1.807, 2.05) is 6.07 Å². The first-order valence-electron chi connectivity index (χ1n) is 9.53. The number of Topliss-reactive ketones (excluding diaryl/α,β-unsaturated/α-hetero) is 2. The summed E-state index contributed by atoms with van der Waals surface area (Å²) >= 11 is 0. The third kappa shape index (κ3) is 4.66. The molecule has 0 saturated heterocycles. The first-order chi connectivity index (χ1) is 14.1. The lowest BCUT2D eigenvalue weighted by atomic mass is 9.77. The fraction of sp³-hybridized carbons (Fsp3) is 0.160. The van der Waals surface area contributed by atoms with E-state index in [1.54, 1.807) is 91.9 Å². The van der Waals surface area contributed by atoms with Gasteiger partial charge in [0.1, 0.15) is 5.92 Å². The van der Waals surface area contributed by atoms with Gasteiger partial charge in [0.25, 0.3) is 0 Å². The van der Waals surface area contributed by atoms with Crippen LogP contribution in [0.5, 0.6) is 0 Å². The maximum atomic E-state index is 13.5. The van der Waals surface area contributed by atoms with Gasteiger partial charge in [0.05, 0.1) is 12.5 Å². The van der Waals surface area contributed by atoms with E-state index >= 15 is 0 Å². The van der Waals surface area contributed by atoms with Gasteiger partial charge < -0.3 is 4.74 Å². The topological polar surface area (TPSA) is 60.4 Å². The Bertz CT molecular complexity index is 914. The van der Waals surface area contributed by atoms with Gasteiger partial charge in [-0.05, 0) is 12.5 Å². The molecule has 0 aromatic heterocycles. The summed E-state index contributed by atoms with van der Waals surface area (Å²) in [5.74, 6) is -3.64. The van der Waals surface area contributed by atoms with Crippen LogP contribution in [-0.4, -0.2) is 24.1 Å². The molecule has 3 rings (SSSR count). The Labute approximate surface area is 170 Å². The zero-order valence-corrected chi connectivity index (χ0v) is 16.2. The highest BCUT2D eigenvalue weighted by Crippen LogP contribution is 2.32. The van der Waals surface area contributed by atoms with Crippen molar-refractivity contribution in [1.29, 1.82) is 0 Å². The van der Waals surface area contributed by atoms with Gasteiger partial charge in [-0.3, -0.25) is 14.4 Å². The summed E-state index contributed by atoms with van der Waals surface area (Å²) in [6.07, 6.45) is 0. The van der Waals surface area contributed by atoms with Gasteiger partial charge in [0.15, 0.2) is 11.6 Å². The minimum Gasteiger partial charge on any atom is -0.465 e. The molecule has 0 saturated carbocycles. The average molecular weight is 386 g/mol. The standard InChI is InChI=1S/C25H22O4/c1-2-29-25(28)21(18-12-6-3-7-13-18)22(23(26)19-14-8-4-9-15-19)24(27)20-16-10-5-11-17-20/h3-17,21-22H,2H2,1H3. The van der Waals surface area contributed by atoms with Crippen molar-refractivity contribution < 1.29 is 19.1 Å². The zero-order valence-electron chi connectivity index (χ0n) is 16.2. The van der Waals surface area contributed by atoms with Crippen LogP contribution in [0.3, 0.4) is 0 Å². The van der Waals surface area contributed by atoms with Crippen LogP contribution < -0.4 is 0 Å². The van der Waals surface area contributed by atoms with Crippen LogP contribution >= 0.6 is 0 Å². The summed E-state index contributed by atoms with van der Waals surface area (Å²) in [4.78, 5) is 39.8. The lowest BCUT2D eigenvalue weighted by Crippen LogP contribution is -2.35. The Kier molecular flexibility index (Phi) is 6.69. The summed E-state index contributed by atoms with van der Waals surface area (Å²) in [6, 6.07) is 26.0. The van der Waals surface area contributed by atoms with Gasteiger partial charge in [0, 0.05) is 11.1 Å². The summed E-state index contributed by atoms with van der Waals surface area (Å²) in [7, 11) is 0. The van der Waals surface area contributed by atoms with Crippen LogP contribution in [0.4, 0.5) is 0 Å². The number of esters is 1. The highest BCUT2D eigenvalue weighted by molar-refractivity contribution is 6.18. The molecule has 0 N–H and O–H groups in total. The number of hydrogen-bond acceptors (Lipinski definition) is 4. The van der Waals surface area contributed by atoms with E-state index in [4.69, 9.17) is 4.74 Å². The second-order valence-corrected chi connectivity index (χ2v) is 6.58. The predicted molar refractivity (Wildman–Crippen MR) is 111 cm³/mol. The summed E-state index contributed by atoms with van der Waals surface area (Å²) in [5, 5.41) is 0. The molecule has 0 amide bonds. The van der Waals surface area contributed by atoms with Crippen LogP contribution in [0, 0.1) is 5.92 Å². The maximum Gasteiger partial charge on any atom is 0.314 e. The Morgan fingerprint density at radius 3 is 1.52 bits per heavy atom. The molecular weight excluding hydrogens is 364 g/mol. The summed E-state index contributed by atoms with van der Waals surface area (Å²) < 4.78 is 5.27. The molecule has 0 radical (unpaired) electrons. The van der Waals surface area contributed by atoms with Gasteiger partial charge in [-0.1, -0.05) is 91.0 Å². The largest absolute Gasteiger partial charge is 0.465 e. The van der Waals surface area contributed by atoms with Crippen molar-refractivity contribution in [3.05, 3.63) is 108 Å². The van der Waals surface area contributed by atoms with Crippen LogP contribution in [0.25, 0.3) is 0 Å². The SMILES string of the molecule is CCOC(=O)C(c1ccccc1)C(C(=O)c1ccccc1)C(=O)c1ccccc1. The molecule has 0 spiro atoms. The molecule has 1 unspecified atom stereocenters. The van der Waals surface area contributed by atoms with E-state index in [9.17, 15) is 14.4 Å². The van der Waals surface area contributed by atoms with Crippen LogP contribution in [0.2, 0.25) is 0 Å². The lowest BCUT2D eigenvalue weighted by Gasteiger charge is -2.24. The van der Waals surface area contributed by atoms with Crippen LogP contribution in [0.1, 0.15) is 39.1 Å². The number of rotatable bonds is 8. The smallest absolute Gasteiger partial charge is 0.314 e. The van der Waals surface area contributed by atoms with Gasteiger partial charge in [-0.15, -0.1) is 0 Å². The number of carbonyl (C=O) groups is 3. The minimum absolute atomic E-state index is 0.161. The molecule has 3 aromatic rings. The third-order valence-electron chi connectivity index (χ3n) is 4.71. The molecule has 0 aliphatic carbocycles. The molecule has 4 heteroatoms. The van der Waals surface area contributed by atoms with Gasteiger partial charge in [0.2, 0.25) is 0 Å². The monoisotopic (exact) mass is 386 g/mol. The number of carbonyl (C=O) groups excluding carboxylic acids is 3. The van der Waals surface area contributed by atoms with E-state index in [-0.39, 0.29) is 6.61 Å². The molecule has 0 aliphatic heterocycles. The number of ketones is 2. The fourth-order valence-electron chi connectivity index (χ4n) is 3.34. The van der Waals surface area contributed by atoms with Crippen LogP contribution in [-0.2, 0) is 9.53 Å². The second kappa shape index (κ2) is 9.60. The highest BCUT2D eigenvalue weighted by Gasteiger charge is 2.41. The van der Waals surface area contributed by atoms with Crippen LogP contribution in [0.15, 0.2) is 91.0 Å². The van der Waals surface area contributed by atoms with Crippen molar-refractivity contribution in [2.24, 2.45) is 5.92 Å². The summed E-state index contributed by atoms with van der Waals surface area (Å²) in [5.41, 5.74) is 1.34. The molecule has 0 aliphatic rings. The Morgan fingerprint density at radius 1 is 0.690 bits per heavy atom. The molecule has 4 nitrogen and oxygen atoms in total. The molecular formula is C25H22O4. The zero-order chi connectivity index (χ0) is 20.6. The molecule has 1 atom stereocenters. The number of hydrogen-bond donors (Lipinski definition) is 0. The lowest BCUT2D eigenvalue weighted by molar-refractivity contribution is -0.145. The minimum atomic E-state index is -1.22. The third-order valence-corrected chi connectivity index (χ3v) is 4.71. The average Bonchev–Trinajstić information content (AvgIpc) is 2.78. The van der Waals surface area contributed by atoms with Crippen molar-refractivity contribution in [3.8, 4) is 0 Å². The van der Waals surface area contributed by atoms with Crippen molar-refractivity contribution >= 4 is 17.5 Å². The van der Waals surface area contributed by atoms with E-state index in [0.29, 0.717) is 16.7 Å². The predicted octanol–water partition coefficient (Wildman–Crippen LogP) is 4.72. The quantitative estimate of drug-likeness (QED) is 0.319. The molecule has 0 heterocycles.